The molecule has 0 N–H and O–H groups in total. The van der Waals surface area contributed by atoms with Crippen LogP contribution in [0.5, 0.6) is 0 Å². The van der Waals surface area contributed by atoms with E-state index in [1.165, 1.54) is 135 Å². The second kappa shape index (κ2) is 17.4. The van der Waals surface area contributed by atoms with Crippen molar-refractivity contribution in [3.05, 3.63) is 216 Å². The molecule has 0 aliphatic carbocycles. The van der Waals surface area contributed by atoms with Gasteiger partial charge in [-0.15, -0.1) is 0 Å². The van der Waals surface area contributed by atoms with Gasteiger partial charge < -0.3 is 0 Å². The van der Waals surface area contributed by atoms with Gasteiger partial charge in [-0.3, -0.25) is 0 Å². The summed E-state index contributed by atoms with van der Waals surface area (Å²) in [5.74, 6) is 0. The molecule has 5 aliphatic rings. The Morgan fingerprint density at radius 3 is 1.10 bits per heavy atom. The van der Waals surface area contributed by atoms with Crippen LogP contribution in [0.3, 0.4) is 0 Å². The third-order valence-corrected chi connectivity index (χ3v) is 20.8. The van der Waals surface area contributed by atoms with E-state index in [-0.39, 0.29) is 49.6 Å². The molecule has 0 saturated carbocycles. The molecule has 15 rings (SSSR count). The molecule has 4 nitrogen and oxygen atoms in total. The van der Waals surface area contributed by atoms with Crippen LogP contribution in [0.1, 0.15) is 105 Å². The molecule has 0 saturated heterocycles. The van der Waals surface area contributed by atoms with Crippen molar-refractivity contribution >= 4 is 127 Å². The molecule has 7 heteroatoms. The maximum atomic E-state index is 2.70. The van der Waals surface area contributed by atoms with E-state index in [0.717, 1.165) is 0 Å². The van der Waals surface area contributed by atoms with E-state index in [1.54, 1.807) is 8.67 Å². The molecular weight excluding hydrogens is 1050 g/mol. The number of hydrogen-bond donors (Lipinski definition) is 0. The first-order valence-electron chi connectivity index (χ1n) is 29.2. The molecule has 0 amide bonds. The Balaban J connectivity index is 1.03. The third-order valence-electron chi connectivity index (χ3n) is 18.1. The molecule has 81 heavy (non-hydrogen) atoms. The zero-order valence-electron chi connectivity index (χ0n) is 48.8. The van der Waals surface area contributed by atoms with Crippen molar-refractivity contribution in [2.24, 2.45) is 0 Å². The number of fused-ring (bicyclic) bond motifs is 11. The summed E-state index contributed by atoms with van der Waals surface area (Å²) in [5, 5.41) is 0. The Bertz CT molecular complexity index is 4200. The monoisotopic (exact) mass is 1110 g/mol. The zero-order chi connectivity index (χ0) is 55.8. The first kappa shape index (κ1) is 50.3. The number of para-hydroxylation sites is 2. The topological polar surface area (TPSA) is 13.0 Å². The standard InChI is InChI=1S/C74H68B2N4Se/c1-71(2,3)49-39-50(72(4,5)6)42-53(41-49)77-57-36-34-47(45-23-15-13-16-24-45)37-56(57)76-66-60(77)29-21-32-63(66)80-59-28-20-19-27-58(59)79-62-31-22-30-61-65(62)75(69-67(79)68(80)70(76)81-69)55-35-33-48(46-25-17-14-18-26-46)38-64(55)78(61)54-43-51(73(7,8)9)40-52(44-54)74(10,11)12/h13-44H,1-12H3. The Morgan fingerprint density at radius 1 is 0.284 bits per heavy atom. The SMILES string of the molecule is CC(C)(C)c1cc(N2c3ccc(-c4ccccc4)cc3B3c4[se]c5c6c4N(c4ccccc4N6c4cccc6c4B5c4ccc(-c5ccccc5)cc4N6c4cc(C(C)(C)C)cc(C(C)(C)C)c4)c4cccc2c43)cc(C(C)(C)C)c1. The molecule has 0 spiro atoms. The van der Waals surface area contributed by atoms with Gasteiger partial charge in [-0.05, 0) is 0 Å². The van der Waals surface area contributed by atoms with Crippen LogP contribution in [0.2, 0.25) is 0 Å². The molecule has 0 bridgehead atoms. The summed E-state index contributed by atoms with van der Waals surface area (Å²) in [6, 6.07) is 75.3. The summed E-state index contributed by atoms with van der Waals surface area (Å²) in [6.07, 6.45) is 0. The van der Waals surface area contributed by atoms with Gasteiger partial charge in [-0.25, -0.2) is 0 Å². The van der Waals surface area contributed by atoms with Gasteiger partial charge in [0, 0.05) is 0 Å². The van der Waals surface area contributed by atoms with Crippen LogP contribution in [-0.2, 0) is 21.7 Å². The fourth-order valence-corrected chi connectivity index (χ4v) is 17.0. The summed E-state index contributed by atoms with van der Waals surface area (Å²) >= 11 is -0.0645. The molecule has 5 aliphatic heterocycles. The van der Waals surface area contributed by atoms with E-state index in [0.29, 0.717) is 0 Å². The molecular formula is C74H68B2N4Se. The summed E-state index contributed by atoms with van der Waals surface area (Å²) in [5.41, 5.74) is 30.9. The van der Waals surface area contributed by atoms with E-state index in [1.807, 2.05) is 0 Å². The van der Waals surface area contributed by atoms with Gasteiger partial charge in [-0.2, -0.15) is 0 Å². The van der Waals surface area contributed by atoms with E-state index < -0.39 is 0 Å². The summed E-state index contributed by atoms with van der Waals surface area (Å²) in [7, 11) is 0. The molecule has 0 fully saturated rings. The Kier molecular flexibility index (Phi) is 10.8. The second-order valence-electron chi connectivity index (χ2n) is 27.5. The molecule has 9 aromatic carbocycles. The van der Waals surface area contributed by atoms with Gasteiger partial charge in [-0.1, -0.05) is 0 Å². The second-order valence-corrected chi connectivity index (χ2v) is 29.7. The third kappa shape index (κ3) is 7.57. The summed E-state index contributed by atoms with van der Waals surface area (Å²) in [4.78, 5) is 10.7. The normalized spacial score (nSPS) is 14.5. The van der Waals surface area contributed by atoms with Gasteiger partial charge in [0.2, 0.25) is 0 Å². The maximum absolute atomic E-state index is 2.70. The Hall–Kier alpha value is -7.69. The Labute approximate surface area is 486 Å². The van der Waals surface area contributed by atoms with E-state index in [9.17, 15) is 0 Å². The van der Waals surface area contributed by atoms with Crippen molar-refractivity contribution in [3.8, 4) is 22.3 Å². The van der Waals surface area contributed by atoms with Crippen LogP contribution in [-0.4, -0.2) is 27.9 Å². The van der Waals surface area contributed by atoms with Crippen LogP contribution in [0.15, 0.2) is 194 Å². The zero-order valence-corrected chi connectivity index (χ0v) is 50.5. The number of anilines is 12. The van der Waals surface area contributed by atoms with Crippen LogP contribution >= 0.6 is 0 Å². The first-order chi connectivity index (χ1) is 38.7. The molecule has 1 aromatic heterocycles. The van der Waals surface area contributed by atoms with Crippen LogP contribution in [0.4, 0.5) is 68.2 Å². The molecule has 0 radical (unpaired) electrons. The number of rotatable bonds is 4. The predicted molar refractivity (Wildman–Crippen MR) is 351 cm³/mol. The van der Waals surface area contributed by atoms with Gasteiger partial charge in [0.15, 0.2) is 0 Å². The van der Waals surface area contributed by atoms with Gasteiger partial charge in [0.1, 0.15) is 0 Å². The van der Waals surface area contributed by atoms with Crippen LogP contribution in [0, 0.1) is 0 Å². The van der Waals surface area contributed by atoms with Crippen molar-refractivity contribution in [2.75, 3.05) is 19.6 Å². The predicted octanol–water partition coefficient (Wildman–Crippen LogP) is 15.7. The average molecular weight is 1110 g/mol. The molecule has 396 valence electrons. The fraction of sp³-hybridized carbons (Fsp3) is 0.216. The van der Waals surface area contributed by atoms with Crippen molar-refractivity contribution in [3.63, 3.8) is 0 Å². The van der Waals surface area contributed by atoms with Crippen molar-refractivity contribution in [1.82, 2.24) is 0 Å². The van der Waals surface area contributed by atoms with Crippen molar-refractivity contribution in [1.29, 1.82) is 0 Å². The fourth-order valence-electron chi connectivity index (χ4n) is 13.8. The first-order valence-corrected chi connectivity index (χ1v) is 30.9. The number of nitrogens with zero attached hydrogens (tertiary/aromatic N) is 4. The number of hydrogen-bond acceptors (Lipinski definition) is 4. The summed E-state index contributed by atoms with van der Waals surface area (Å²) in [6.45, 7) is 28.4. The minimum absolute atomic E-state index is 0.0292. The summed E-state index contributed by atoms with van der Waals surface area (Å²) < 4.78 is 3.09. The van der Waals surface area contributed by atoms with Gasteiger partial charge in [0.25, 0.3) is 0 Å². The van der Waals surface area contributed by atoms with Gasteiger partial charge >= 0.3 is 490 Å². The average Bonchev–Trinajstić information content (AvgIpc) is 4.02. The minimum atomic E-state index is -0.0645. The van der Waals surface area contributed by atoms with Crippen LogP contribution < -0.4 is 50.1 Å². The van der Waals surface area contributed by atoms with E-state index >= 15 is 0 Å². The van der Waals surface area contributed by atoms with E-state index in [2.05, 4.69) is 297 Å². The number of benzene rings is 9. The molecule has 0 atom stereocenters. The van der Waals surface area contributed by atoms with Gasteiger partial charge in [0.05, 0.1) is 0 Å². The molecule has 10 aromatic rings. The van der Waals surface area contributed by atoms with Crippen LogP contribution in [0.25, 0.3) is 22.3 Å². The molecule has 0 unspecified atom stereocenters. The van der Waals surface area contributed by atoms with Crippen molar-refractivity contribution < 1.29 is 0 Å². The Morgan fingerprint density at radius 2 is 0.654 bits per heavy atom. The quantitative estimate of drug-likeness (QED) is 0.163. The van der Waals surface area contributed by atoms with Crippen molar-refractivity contribution in [2.45, 2.75) is 105 Å². The molecule has 6 heterocycles. The van der Waals surface area contributed by atoms with E-state index in [4.69, 9.17) is 0 Å².